The van der Waals surface area contributed by atoms with E-state index in [0.717, 1.165) is 30.2 Å². The molecule has 0 saturated carbocycles. The Labute approximate surface area is 169 Å². The number of methoxy groups -OCH3 is 2. The van der Waals surface area contributed by atoms with Gasteiger partial charge >= 0.3 is 0 Å². The summed E-state index contributed by atoms with van der Waals surface area (Å²) in [6, 6.07) is 10.7. The molecule has 1 atom stereocenters. The third kappa shape index (κ3) is 6.64. The van der Waals surface area contributed by atoms with E-state index in [1.54, 1.807) is 14.2 Å². The van der Waals surface area contributed by atoms with E-state index in [1.165, 1.54) is 22.3 Å². The molecule has 0 radical (unpaired) electrons. The molecule has 1 unspecified atom stereocenters. The first-order valence-corrected chi connectivity index (χ1v) is 9.09. The molecule has 0 bridgehead atoms. The van der Waals surface area contributed by atoms with Crippen molar-refractivity contribution in [2.75, 3.05) is 27.4 Å². The maximum absolute atomic E-state index is 6.05. The first-order chi connectivity index (χ1) is 12.4. The molecule has 2 rings (SSSR count). The number of rotatable bonds is 9. The lowest BCUT2D eigenvalue weighted by atomic mass is 10.1. The number of nitrogens with one attached hydrogen (secondary N) is 1. The summed E-state index contributed by atoms with van der Waals surface area (Å²) in [5.74, 6) is 2.53. The van der Waals surface area contributed by atoms with Crippen LogP contribution in [0.25, 0.3) is 0 Å². The molecule has 0 aliphatic carbocycles. The Hall–Kier alpha value is -1.91. The molecule has 0 heterocycles. The van der Waals surface area contributed by atoms with Crippen LogP contribution < -0.4 is 19.5 Å². The van der Waals surface area contributed by atoms with E-state index in [0.29, 0.717) is 6.61 Å². The number of ether oxygens (including phenoxy) is 3. The summed E-state index contributed by atoms with van der Waals surface area (Å²) in [5.41, 5.74) is 4.88. The van der Waals surface area contributed by atoms with Gasteiger partial charge in [0.05, 0.1) is 14.2 Å². The Balaban J connectivity index is 0.00000364. The third-order valence-electron chi connectivity index (χ3n) is 4.44. The Kier molecular flexibility index (Phi) is 9.47. The van der Waals surface area contributed by atoms with Crippen molar-refractivity contribution in [2.24, 2.45) is 0 Å². The topological polar surface area (TPSA) is 39.7 Å². The highest BCUT2D eigenvalue weighted by Gasteiger charge is 2.09. The predicted molar refractivity (Wildman–Crippen MR) is 114 cm³/mol. The van der Waals surface area contributed by atoms with Gasteiger partial charge in [-0.2, -0.15) is 0 Å². The van der Waals surface area contributed by atoms with Crippen molar-refractivity contribution in [2.45, 2.75) is 40.2 Å². The lowest BCUT2D eigenvalue weighted by Crippen LogP contribution is -2.33. The molecule has 27 heavy (non-hydrogen) atoms. The summed E-state index contributed by atoms with van der Waals surface area (Å²) in [6.45, 7) is 9.99. The Morgan fingerprint density at radius 3 is 2.15 bits per heavy atom. The smallest absolute Gasteiger partial charge is 0.160 e. The summed E-state index contributed by atoms with van der Waals surface area (Å²) in [6.07, 6.45) is 0.924. The zero-order valence-electron chi connectivity index (χ0n) is 17.2. The van der Waals surface area contributed by atoms with Crippen molar-refractivity contribution >= 4 is 12.4 Å². The summed E-state index contributed by atoms with van der Waals surface area (Å²) < 4.78 is 16.7. The molecule has 150 valence electrons. The van der Waals surface area contributed by atoms with Gasteiger partial charge in [-0.15, -0.1) is 12.4 Å². The molecular weight excluding hydrogens is 362 g/mol. The summed E-state index contributed by atoms with van der Waals surface area (Å²) in [5, 5.41) is 3.52. The van der Waals surface area contributed by atoms with Crippen LogP contribution in [0.1, 0.15) is 29.2 Å². The summed E-state index contributed by atoms with van der Waals surface area (Å²) in [4.78, 5) is 0. The molecule has 2 aromatic carbocycles. The molecule has 0 aliphatic rings. The van der Waals surface area contributed by atoms with Crippen LogP contribution in [-0.2, 0) is 6.42 Å². The Morgan fingerprint density at radius 1 is 0.926 bits per heavy atom. The Morgan fingerprint density at radius 2 is 1.56 bits per heavy atom. The van der Waals surface area contributed by atoms with Gasteiger partial charge in [-0.25, -0.2) is 0 Å². The predicted octanol–water partition coefficient (Wildman–Crippen LogP) is 4.65. The second-order valence-electron chi connectivity index (χ2n) is 6.83. The fourth-order valence-electron chi connectivity index (χ4n) is 3.16. The second-order valence-corrected chi connectivity index (χ2v) is 6.83. The van der Waals surface area contributed by atoms with Crippen molar-refractivity contribution < 1.29 is 14.2 Å². The van der Waals surface area contributed by atoms with Gasteiger partial charge in [0.2, 0.25) is 0 Å². The van der Waals surface area contributed by atoms with Gasteiger partial charge in [0.25, 0.3) is 0 Å². The lowest BCUT2D eigenvalue weighted by molar-refractivity contribution is 0.271. The molecule has 1 N–H and O–H groups in total. The number of hydrogen-bond donors (Lipinski definition) is 1. The van der Waals surface area contributed by atoms with E-state index in [4.69, 9.17) is 14.2 Å². The number of hydrogen-bond acceptors (Lipinski definition) is 4. The van der Waals surface area contributed by atoms with E-state index < -0.39 is 0 Å². The van der Waals surface area contributed by atoms with Crippen LogP contribution in [0.5, 0.6) is 17.2 Å². The molecular formula is C22H32ClNO3. The van der Waals surface area contributed by atoms with E-state index in [-0.39, 0.29) is 18.4 Å². The van der Waals surface area contributed by atoms with Gasteiger partial charge in [0.1, 0.15) is 12.4 Å². The molecule has 0 fully saturated rings. The first kappa shape index (κ1) is 23.1. The van der Waals surface area contributed by atoms with Gasteiger partial charge in [0.15, 0.2) is 11.5 Å². The number of halogens is 1. The van der Waals surface area contributed by atoms with Crippen molar-refractivity contribution in [1.29, 1.82) is 0 Å². The van der Waals surface area contributed by atoms with E-state index in [2.05, 4.69) is 51.2 Å². The van der Waals surface area contributed by atoms with E-state index >= 15 is 0 Å². The monoisotopic (exact) mass is 393 g/mol. The molecule has 5 heteroatoms. The second kappa shape index (κ2) is 11.1. The molecule has 0 aromatic heterocycles. The largest absolute Gasteiger partial charge is 0.493 e. The van der Waals surface area contributed by atoms with Crippen LogP contribution in [0.15, 0.2) is 30.3 Å². The van der Waals surface area contributed by atoms with Crippen molar-refractivity contribution in [1.82, 2.24) is 5.32 Å². The minimum Gasteiger partial charge on any atom is -0.493 e. The number of aryl methyl sites for hydroxylation is 3. The molecule has 0 aliphatic heterocycles. The van der Waals surface area contributed by atoms with Crippen LogP contribution in [0.3, 0.4) is 0 Å². The quantitative estimate of drug-likeness (QED) is 0.673. The normalized spacial score (nSPS) is 11.5. The highest BCUT2D eigenvalue weighted by molar-refractivity contribution is 5.85. The molecule has 0 amide bonds. The van der Waals surface area contributed by atoms with E-state index in [1.807, 2.05) is 12.1 Å². The standard InChI is InChI=1S/C22H31NO3.ClH/c1-15-11-16(2)22(17(3)12-15)26-14-18(4)23-10-9-19-7-8-20(24-5)21(13-19)25-6;/h7-8,11-13,18,23H,9-10,14H2,1-6H3;1H. The minimum atomic E-state index is 0. The summed E-state index contributed by atoms with van der Waals surface area (Å²) >= 11 is 0. The molecule has 0 spiro atoms. The van der Waals surface area contributed by atoms with Crippen LogP contribution in [-0.4, -0.2) is 33.4 Å². The van der Waals surface area contributed by atoms with Gasteiger partial charge in [-0.3, -0.25) is 0 Å². The highest BCUT2D eigenvalue weighted by Crippen LogP contribution is 2.27. The van der Waals surface area contributed by atoms with Crippen LogP contribution in [0.2, 0.25) is 0 Å². The minimum absolute atomic E-state index is 0. The van der Waals surface area contributed by atoms with Crippen LogP contribution in [0, 0.1) is 20.8 Å². The average Bonchev–Trinajstić information content (AvgIpc) is 2.60. The lowest BCUT2D eigenvalue weighted by Gasteiger charge is -2.18. The maximum atomic E-state index is 6.05. The average molecular weight is 394 g/mol. The van der Waals surface area contributed by atoms with Gasteiger partial charge in [-0.1, -0.05) is 23.8 Å². The zero-order valence-corrected chi connectivity index (χ0v) is 18.0. The van der Waals surface area contributed by atoms with Crippen LogP contribution in [0.4, 0.5) is 0 Å². The number of benzene rings is 2. The molecule has 2 aromatic rings. The van der Waals surface area contributed by atoms with Gasteiger partial charge in [0, 0.05) is 6.04 Å². The SMILES string of the molecule is COc1ccc(CCNC(C)COc2c(C)cc(C)cc2C)cc1OC.Cl. The fraction of sp³-hybridized carbons (Fsp3) is 0.455. The Bertz CT molecular complexity index is 710. The first-order valence-electron chi connectivity index (χ1n) is 9.09. The molecule has 0 saturated heterocycles. The fourth-order valence-corrected chi connectivity index (χ4v) is 3.16. The van der Waals surface area contributed by atoms with Gasteiger partial charge < -0.3 is 19.5 Å². The van der Waals surface area contributed by atoms with Crippen molar-refractivity contribution in [3.8, 4) is 17.2 Å². The third-order valence-corrected chi connectivity index (χ3v) is 4.44. The van der Waals surface area contributed by atoms with Crippen molar-refractivity contribution in [3.05, 3.63) is 52.6 Å². The summed E-state index contributed by atoms with van der Waals surface area (Å²) in [7, 11) is 3.31. The van der Waals surface area contributed by atoms with Crippen LogP contribution >= 0.6 is 12.4 Å². The highest BCUT2D eigenvalue weighted by atomic mass is 35.5. The maximum Gasteiger partial charge on any atom is 0.160 e. The van der Waals surface area contributed by atoms with Crippen molar-refractivity contribution in [3.63, 3.8) is 0 Å². The van der Waals surface area contributed by atoms with E-state index in [9.17, 15) is 0 Å². The van der Waals surface area contributed by atoms with Gasteiger partial charge in [-0.05, 0) is 69.5 Å². The molecule has 4 nitrogen and oxygen atoms in total. The zero-order chi connectivity index (χ0) is 19.1.